The summed E-state index contributed by atoms with van der Waals surface area (Å²) < 4.78 is 39.3. The van der Waals surface area contributed by atoms with E-state index in [1.165, 1.54) is 23.5 Å². The van der Waals surface area contributed by atoms with Gasteiger partial charge in [0.05, 0.1) is 4.90 Å². The van der Waals surface area contributed by atoms with E-state index in [1.807, 2.05) is 13.8 Å². The first-order valence-corrected chi connectivity index (χ1v) is 7.47. The summed E-state index contributed by atoms with van der Waals surface area (Å²) in [5.74, 6) is -0.560. The molecule has 0 saturated heterocycles. The van der Waals surface area contributed by atoms with Crippen molar-refractivity contribution < 1.29 is 12.8 Å². The Labute approximate surface area is 114 Å². The van der Waals surface area contributed by atoms with Crippen molar-refractivity contribution in [3.8, 4) is 0 Å². The highest BCUT2D eigenvalue weighted by molar-refractivity contribution is 7.89. The fraction of sp³-hybridized carbons (Fsp3) is 0.538. The van der Waals surface area contributed by atoms with Crippen LogP contribution in [0.3, 0.4) is 0 Å². The van der Waals surface area contributed by atoms with Gasteiger partial charge in [0.1, 0.15) is 5.82 Å². The summed E-state index contributed by atoms with van der Waals surface area (Å²) in [6.07, 6.45) is 0. The monoisotopic (exact) mass is 288 g/mol. The molecule has 0 atom stereocenters. The second kappa shape index (κ2) is 5.56. The first-order valence-electron chi connectivity index (χ1n) is 6.03. The highest BCUT2D eigenvalue weighted by Gasteiger charge is 2.28. The van der Waals surface area contributed by atoms with Crippen molar-refractivity contribution in [3.63, 3.8) is 0 Å². The molecule has 0 fully saturated rings. The number of nitrogens with zero attached hydrogens (tertiary/aromatic N) is 1. The molecule has 108 valence electrons. The van der Waals surface area contributed by atoms with Crippen LogP contribution < -0.4 is 5.73 Å². The summed E-state index contributed by atoms with van der Waals surface area (Å²) >= 11 is 0. The van der Waals surface area contributed by atoms with Gasteiger partial charge in [0, 0.05) is 13.6 Å². The number of rotatable bonds is 5. The summed E-state index contributed by atoms with van der Waals surface area (Å²) in [7, 11) is -2.21. The van der Waals surface area contributed by atoms with Gasteiger partial charge in [-0.1, -0.05) is 19.9 Å². The lowest BCUT2D eigenvalue weighted by atomic mass is 9.94. The number of sulfonamides is 1. The molecule has 19 heavy (non-hydrogen) atoms. The minimum Gasteiger partial charge on any atom is -0.330 e. The van der Waals surface area contributed by atoms with E-state index in [9.17, 15) is 12.8 Å². The van der Waals surface area contributed by atoms with Crippen LogP contribution in [-0.4, -0.2) is 32.9 Å². The first-order chi connectivity index (χ1) is 8.60. The number of benzene rings is 1. The molecule has 1 aromatic rings. The molecule has 0 radical (unpaired) electrons. The Balaban J connectivity index is 3.14. The Morgan fingerprint density at radius 1 is 1.37 bits per heavy atom. The predicted octanol–water partition coefficient (Wildman–Crippen LogP) is 1.74. The number of hydrogen-bond acceptors (Lipinski definition) is 3. The van der Waals surface area contributed by atoms with Gasteiger partial charge in [0.25, 0.3) is 0 Å². The lowest BCUT2D eigenvalue weighted by Gasteiger charge is -2.28. The summed E-state index contributed by atoms with van der Waals surface area (Å²) in [6, 6.07) is 3.76. The van der Waals surface area contributed by atoms with Crippen molar-refractivity contribution in [1.29, 1.82) is 0 Å². The van der Waals surface area contributed by atoms with Crippen LogP contribution in [-0.2, 0) is 10.0 Å². The Morgan fingerprint density at radius 3 is 2.47 bits per heavy atom. The van der Waals surface area contributed by atoms with Crippen LogP contribution in [0.5, 0.6) is 0 Å². The topological polar surface area (TPSA) is 63.4 Å². The third-order valence-electron chi connectivity index (χ3n) is 3.04. The van der Waals surface area contributed by atoms with Crippen molar-refractivity contribution >= 4 is 10.0 Å². The second-order valence-electron chi connectivity index (χ2n) is 5.54. The first kappa shape index (κ1) is 16.1. The minimum absolute atomic E-state index is 0.00261. The van der Waals surface area contributed by atoms with E-state index < -0.39 is 15.8 Å². The highest BCUT2D eigenvalue weighted by Crippen LogP contribution is 2.23. The molecule has 2 N–H and O–H groups in total. The van der Waals surface area contributed by atoms with Gasteiger partial charge in [-0.05, 0) is 36.6 Å². The summed E-state index contributed by atoms with van der Waals surface area (Å²) in [5.41, 5.74) is 5.81. The van der Waals surface area contributed by atoms with Crippen LogP contribution in [0.25, 0.3) is 0 Å². The number of nitrogens with two attached hydrogens (primary N) is 1. The molecule has 1 aromatic carbocycles. The lowest BCUT2D eigenvalue weighted by Crippen LogP contribution is -2.39. The number of aryl methyl sites for hydroxylation is 1. The largest absolute Gasteiger partial charge is 0.330 e. The van der Waals surface area contributed by atoms with Crippen molar-refractivity contribution in [2.45, 2.75) is 25.7 Å². The van der Waals surface area contributed by atoms with Crippen LogP contribution in [0.1, 0.15) is 19.4 Å². The predicted molar refractivity (Wildman–Crippen MR) is 73.8 cm³/mol. The lowest BCUT2D eigenvalue weighted by molar-refractivity contribution is 0.292. The van der Waals surface area contributed by atoms with Crippen molar-refractivity contribution in [2.75, 3.05) is 20.1 Å². The molecule has 4 nitrogen and oxygen atoms in total. The van der Waals surface area contributed by atoms with Crippen LogP contribution in [0.2, 0.25) is 0 Å². The molecule has 0 aliphatic heterocycles. The fourth-order valence-electron chi connectivity index (χ4n) is 1.77. The van der Waals surface area contributed by atoms with Gasteiger partial charge in [0.15, 0.2) is 0 Å². The van der Waals surface area contributed by atoms with Crippen molar-refractivity contribution in [2.24, 2.45) is 11.1 Å². The Morgan fingerprint density at radius 2 is 1.95 bits per heavy atom. The van der Waals surface area contributed by atoms with Crippen molar-refractivity contribution in [3.05, 3.63) is 29.6 Å². The molecule has 0 unspecified atom stereocenters. The molecule has 1 rings (SSSR count). The molecule has 0 aromatic heterocycles. The zero-order valence-corrected chi connectivity index (χ0v) is 12.6. The molecule has 0 saturated carbocycles. The fourth-order valence-corrected chi connectivity index (χ4v) is 3.36. The van der Waals surface area contributed by atoms with E-state index in [4.69, 9.17) is 5.73 Å². The number of hydrogen-bond donors (Lipinski definition) is 1. The Hall–Kier alpha value is -0.980. The maximum Gasteiger partial charge on any atom is 0.243 e. The van der Waals surface area contributed by atoms with E-state index in [-0.39, 0.29) is 16.9 Å². The smallest absolute Gasteiger partial charge is 0.243 e. The maximum absolute atomic E-state index is 13.2. The normalized spacial score (nSPS) is 13.0. The Bertz CT molecular complexity index is 556. The molecule has 0 amide bonds. The molecule has 0 bridgehead atoms. The average Bonchev–Trinajstić information content (AvgIpc) is 2.31. The van der Waals surface area contributed by atoms with Crippen LogP contribution in [0.15, 0.2) is 23.1 Å². The zero-order chi connectivity index (χ0) is 14.8. The zero-order valence-electron chi connectivity index (χ0n) is 11.8. The quantitative estimate of drug-likeness (QED) is 0.897. The second-order valence-corrected chi connectivity index (χ2v) is 7.55. The maximum atomic E-state index is 13.2. The van der Waals surface area contributed by atoms with Crippen LogP contribution in [0.4, 0.5) is 4.39 Å². The van der Waals surface area contributed by atoms with Crippen LogP contribution in [0, 0.1) is 18.2 Å². The SMILES string of the molecule is Cc1ccc(F)cc1S(=O)(=O)N(C)CC(C)(C)CN. The molecule has 0 aliphatic carbocycles. The third kappa shape index (κ3) is 3.75. The van der Waals surface area contributed by atoms with Crippen molar-refractivity contribution in [1.82, 2.24) is 4.31 Å². The molecule has 0 aliphatic rings. The Kier molecular flexibility index (Phi) is 4.71. The summed E-state index contributed by atoms with van der Waals surface area (Å²) in [6.45, 7) is 6.07. The molecule has 0 heterocycles. The average molecular weight is 288 g/mol. The molecule has 0 spiro atoms. The van der Waals surface area contributed by atoms with E-state index in [0.29, 0.717) is 12.1 Å². The summed E-state index contributed by atoms with van der Waals surface area (Å²) in [5, 5.41) is 0. The molecule has 6 heteroatoms. The van der Waals surface area contributed by atoms with E-state index in [2.05, 4.69) is 0 Å². The van der Waals surface area contributed by atoms with Crippen LogP contribution >= 0.6 is 0 Å². The van der Waals surface area contributed by atoms with E-state index >= 15 is 0 Å². The van der Waals surface area contributed by atoms with Gasteiger partial charge in [-0.3, -0.25) is 0 Å². The third-order valence-corrected chi connectivity index (χ3v) is 4.99. The number of halogens is 1. The molecular weight excluding hydrogens is 267 g/mol. The summed E-state index contributed by atoms with van der Waals surface area (Å²) in [4.78, 5) is 0.00261. The van der Waals surface area contributed by atoms with Gasteiger partial charge in [-0.15, -0.1) is 0 Å². The van der Waals surface area contributed by atoms with Gasteiger partial charge in [-0.2, -0.15) is 0 Å². The standard InChI is InChI=1S/C13H21FN2O2S/c1-10-5-6-11(14)7-12(10)19(17,18)16(4)9-13(2,3)8-15/h5-7H,8-9,15H2,1-4H3. The van der Waals surface area contributed by atoms with E-state index in [0.717, 1.165) is 6.07 Å². The minimum atomic E-state index is -3.70. The van der Waals surface area contributed by atoms with Gasteiger partial charge < -0.3 is 5.73 Å². The van der Waals surface area contributed by atoms with Gasteiger partial charge in [-0.25, -0.2) is 17.1 Å². The van der Waals surface area contributed by atoms with Gasteiger partial charge >= 0.3 is 0 Å². The highest BCUT2D eigenvalue weighted by atomic mass is 32.2. The molecular formula is C13H21FN2O2S. The van der Waals surface area contributed by atoms with E-state index in [1.54, 1.807) is 6.92 Å². The van der Waals surface area contributed by atoms with Gasteiger partial charge in [0.2, 0.25) is 10.0 Å².